The van der Waals surface area contributed by atoms with Crippen LogP contribution in [-0.2, 0) is 9.47 Å². The summed E-state index contributed by atoms with van der Waals surface area (Å²) in [5, 5.41) is 122. The van der Waals surface area contributed by atoms with Crippen LogP contribution < -0.4 is 18.9 Å². The summed E-state index contributed by atoms with van der Waals surface area (Å²) in [6, 6.07) is 17.2. The molecule has 12 unspecified atom stereocenters. The fourth-order valence-corrected chi connectivity index (χ4v) is 6.82. The van der Waals surface area contributed by atoms with Crippen LogP contribution in [0.25, 0.3) is 12.2 Å². The fourth-order valence-electron chi connectivity index (χ4n) is 6.82. The molecule has 0 radical (unpaired) electrons. The molecule has 3 aliphatic heterocycles. The molecule has 12 atom stereocenters. The summed E-state index contributed by atoms with van der Waals surface area (Å²) < 4.78 is 35.2. The Morgan fingerprint density at radius 1 is 0.483 bits per heavy atom. The van der Waals surface area contributed by atoms with Crippen LogP contribution in [0.1, 0.15) is 34.5 Å². The second kappa shape index (κ2) is 16.8. The molecule has 18 heteroatoms. The molecule has 0 spiro atoms. The maximum absolute atomic E-state index is 10.7. The molecule has 12 N–H and O–H groups in total. The van der Waals surface area contributed by atoms with E-state index in [2.05, 4.69) is 0 Å². The summed E-state index contributed by atoms with van der Waals surface area (Å²) in [4.78, 5) is 0. The Labute approximate surface area is 329 Å². The first-order valence-corrected chi connectivity index (χ1v) is 18.0. The summed E-state index contributed by atoms with van der Waals surface area (Å²) >= 11 is 0. The summed E-state index contributed by atoms with van der Waals surface area (Å²) in [6.45, 7) is -1.32. The zero-order valence-corrected chi connectivity index (χ0v) is 30.2. The molecule has 18 nitrogen and oxygen atoms in total. The van der Waals surface area contributed by atoms with Gasteiger partial charge in [-0.15, -0.1) is 0 Å². The van der Waals surface area contributed by atoms with E-state index < -0.39 is 92.6 Å². The van der Waals surface area contributed by atoms with Crippen molar-refractivity contribution in [1.82, 2.24) is 0 Å². The molecule has 2 fully saturated rings. The lowest BCUT2D eigenvalue weighted by Gasteiger charge is -2.39. The van der Waals surface area contributed by atoms with Crippen molar-refractivity contribution in [3.63, 3.8) is 0 Å². The lowest BCUT2D eigenvalue weighted by atomic mass is 9.95. The van der Waals surface area contributed by atoms with E-state index in [1.807, 2.05) is 0 Å². The normalized spacial score (nSPS) is 30.9. The highest BCUT2D eigenvalue weighted by Gasteiger charge is 2.46. The lowest BCUT2D eigenvalue weighted by molar-refractivity contribution is -0.277. The highest BCUT2D eigenvalue weighted by molar-refractivity contribution is 5.72. The molecule has 0 bridgehead atoms. The predicted molar refractivity (Wildman–Crippen MR) is 197 cm³/mol. The summed E-state index contributed by atoms with van der Waals surface area (Å²) in [7, 11) is 0. The number of phenols is 4. The predicted octanol–water partition coefficient (Wildman–Crippen LogP) is 0.291. The maximum atomic E-state index is 10.7. The zero-order valence-electron chi connectivity index (χ0n) is 30.2. The largest absolute Gasteiger partial charge is 0.508 e. The molecule has 3 heterocycles. The second-order valence-corrected chi connectivity index (χ2v) is 14.0. The Morgan fingerprint density at radius 2 is 1.03 bits per heavy atom. The van der Waals surface area contributed by atoms with Gasteiger partial charge in [-0.2, -0.15) is 0 Å². The van der Waals surface area contributed by atoms with Gasteiger partial charge in [-0.05, 0) is 59.7 Å². The SMILES string of the molecule is OCC1OC(Oc2cc(O)cc(C=Cc3ccc4c(c3)OC(c3ccc(O)c(O)c3)C(c3cc(O)cc(OC5OC(CO)C(O)C(O)C5O)c3)O4)c2)C(O)C(O)C1O. The van der Waals surface area contributed by atoms with Crippen molar-refractivity contribution in [3.05, 3.63) is 95.1 Å². The molecule has 2 saturated heterocycles. The minimum absolute atomic E-state index is 0.0461. The minimum atomic E-state index is -1.72. The van der Waals surface area contributed by atoms with E-state index in [1.54, 1.807) is 30.4 Å². The number of ether oxygens (including phenoxy) is 6. The third-order valence-corrected chi connectivity index (χ3v) is 9.90. The van der Waals surface area contributed by atoms with Gasteiger partial charge in [-0.25, -0.2) is 0 Å². The number of rotatable bonds is 10. The fraction of sp³-hybridized carbons (Fsp3) is 0.350. The number of aromatic hydroxyl groups is 4. The number of aliphatic hydroxyl groups excluding tert-OH is 8. The average molecular weight is 811 g/mol. The van der Waals surface area contributed by atoms with Gasteiger partial charge in [0.2, 0.25) is 12.6 Å². The highest BCUT2D eigenvalue weighted by Crippen LogP contribution is 2.48. The number of hydrogen-bond acceptors (Lipinski definition) is 18. The molecule has 0 aliphatic carbocycles. The molecule has 0 saturated carbocycles. The Hall–Kier alpha value is -5.38. The number of phenolic OH excluding ortho intramolecular Hbond substituents is 4. The summed E-state index contributed by atoms with van der Waals surface area (Å²) in [5.41, 5.74) is 1.69. The number of hydrogen-bond donors (Lipinski definition) is 12. The van der Waals surface area contributed by atoms with E-state index in [0.29, 0.717) is 16.7 Å². The van der Waals surface area contributed by atoms with Gasteiger partial charge in [0.1, 0.15) is 71.8 Å². The van der Waals surface area contributed by atoms with Crippen molar-refractivity contribution >= 4 is 12.2 Å². The molecular formula is C40H42O18. The van der Waals surface area contributed by atoms with Crippen molar-refractivity contribution in [1.29, 1.82) is 0 Å². The lowest BCUT2D eigenvalue weighted by Crippen LogP contribution is -2.60. The molecule has 58 heavy (non-hydrogen) atoms. The first kappa shape index (κ1) is 40.8. The van der Waals surface area contributed by atoms with Crippen LogP contribution in [-0.4, -0.2) is 136 Å². The highest BCUT2D eigenvalue weighted by atomic mass is 16.7. The van der Waals surface area contributed by atoms with Crippen LogP contribution in [0, 0.1) is 0 Å². The van der Waals surface area contributed by atoms with Crippen LogP contribution in [0.2, 0.25) is 0 Å². The van der Waals surface area contributed by atoms with Gasteiger partial charge in [0.15, 0.2) is 35.2 Å². The molecule has 7 rings (SSSR count). The Bertz CT molecular complexity index is 2110. The third kappa shape index (κ3) is 8.43. The standard InChI is InChI=1S/C40H42O18/c41-15-29-31(47)33(49)35(51)39(57-29)53-23-8-18(7-21(43)13-23)2-1-17-3-6-27-28(9-17)56-37(19-4-5-25(45)26(46)12-19)38(55-27)20-10-22(44)14-24(11-20)54-40-36(52)34(50)32(48)30(16-42)58-40/h1-14,29-52H,15-16H2. The molecule has 3 aliphatic rings. The van der Waals surface area contributed by atoms with Crippen molar-refractivity contribution < 1.29 is 89.7 Å². The van der Waals surface area contributed by atoms with Gasteiger partial charge in [0, 0.05) is 23.3 Å². The number of aliphatic hydroxyl groups is 8. The third-order valence-electron chi connectivity index (χ3n) is 9.90. The van der Waals surface area contributed by atoms with Gasteiger partial charge >= 0.3 is 0 Å². The maximum Gasteiger partial charge on any atom is 0.229 e. The Balaban J connectivity index is 1.14. The Morgan fingerprint density at radius 3 is 1.64 bits per heavy atom. The van der Waals surface area contributed by atoms with E-state index >= 15 is 0 Å². The molecule has 4 aromatic carbocycles. The van der Waals surface area contributed by atoms with Gasteiger partial charge in [-0.3, -0.25) is 0 Å². The van der Waals surface area contributed by atoms with E-state index in [1.165, 1.54) is 54.6 Å². The van der Waals surface area contributed by atoms with Gasteiger partial charge in [0.25, 0.3) is 0 Å². The smallest absolute Gasteiger partial charge is 0.229 e. The van der Waals surface area contributed by atoms with E-state index in [0.717, 1.165) is 0 Å². The minimum Gasteiger partial charge on any atom is -0.508 e. The molecular weight excluding hydrogens is 768 g/mol. The molecule has 0 amide bonds. The molecule has 310 valence electrons. The first-order chi connectivity index (χ1) is 27.7. The monoisotopic (exact) mass is 810 g/mol. The van der Waals surface area contributed by atoms with Gasteiger partial charge < -0.3 is 89.7 Å². The molecule has 0 aromatic heterocycles. The average Bonchev–Trinajstić information content (AvgIpc) is 3.20. The Kier molecular flexibility index (Phi) is 11.8. The topological polar surface area (TPSA) is 298 Å². The number of benzene rings is 4. The quantitative estimate of drug-likeness (QED) is 0.0757. The van der Waals surface area contributed by atoms with Crippen molar-refractivity contribution in [3.8, 4) is 46.0 Å². The van der Waals surface area contributed by atoms with E-state index in [-0.39, 0.29) is 45.8 Å². The van der Waals surface area contributed by atoms with Crippen LogP contribution >= 0.6 is 0 Å². The second-order valence-electron chi connectivity index (χ2n) is 14.0. The van der Waals surface area contributed by atoms with Crippen molar-refractivity contribution in [2.45, 2.75) is 73.6 Å². The summed E-state index contributed by atoms with van der Waals surface area (Å²) in [5.74, 6) is -0.792. The van der Waals surface area contributed by atoms with Gasteiger partial charge in [0.05, 0.1) is 13.2 Å². The van der Waals surface area contributed by atoms with Crippen molar-refractivity contribution in [2.75, 3.05) is 13.2 Å². The van der Waals surface area contributed by atoms with E-state index in [9.17, 15) is 61.3 Å². The first-order valence-electron chi connectivity index (χ1n) is 18.0. The van der Waals surface area contributed by atoms with Crippen LogP contribution in [0.3, 0.4) is 0 Å². The van der Waals surface area contributed by atoms with Crippen LogP contribution in [0.5, 0.6) is 46.0 Å². The number of fused-ring (bicyclic) bond motifs is 1. The van der Waals surface area contributed by atoms with Crippen LogP contribution in [0.15, 0.2) is 72.8 Å². The van der Waals surface area contributed by atoms with Crippen molar-refractivity contribution in [2.24, 2.45) is 0 Å². The van der Waals surface area contributed by atoms with E-state index in [4.69, 9.17) is 28.4 Å². The summed E-state index contributed by atoms with van der Waals surface area (Å²) in [6.07, 6.45) is -14.1. The molecule has 4 aromatic rings. The zero-order chi connectivity index (χ0) is 41.4. The van der Waals surface area contributed by atoms with Gasteiger partial charge in [-0.1, -0.05) is 24.3 Å². The van der Waals surface area contributed by atoms with Crippen LogP contribution in [0.4, 0.5) is 0 Å².